The third-order valence-corrected chi connectivity index (χ3v) is 6.21. The highest BCUT2D eigenvalue weighted by Gasteiger charge is 2.23. The van der Waals surface area contributed by atoms with Crippen molar-refractivity contribution in [1.82, 2.24) is 14.7 Å². The van der Waals surface area contributed by atoms with Crippen LogP contribution in [0.4, 0.5) is 4.79 Å². The lowest BCUT2D eigenvalue weighted by atomic mass is 10.1. The van der Waals surface area contributed by atoms with Crippen molar-refractivity contribution in [2.24, 2.45) is 0 Å². The molecular formula is C23H35N3O4. The SMILES string of the molecule is COC(=O)N1CCN(CC(=O)c2ccc(OCCCN3CCCC3C)c(C)c2)CC1. The third-order valence-electron chi connectivity index (χ3n) is 6.21. The maximum absolute atomic E-state index is 12.7. The number of carbonyl (C=O) groups is 2. The molecule has 0 aliphatic carbocycles. The van der Waals surface area contributed by atoms with E-state index >= 15 is 0 Å². The molecule has 2 aliphatic heterocycles. The summed E-state index contributed by atoms with van der Waals surface area (Å²) in [7, 11) is 1.39. The van der Waals surface area contributed by atoms with E-state index in [1.165, 1.54) is 26.5 Å². The highest BCUT2D eigenvalue weighted by Crippen LogP contribution is 2.21. The molecule has 2 heterocycles. The van der Waals surface area contributed by atoms with Crippen LogP contribution in [0.3, 0.4) is 0 Å². The largest absolute Gasteiger partial charge is 0.493 e. The molecule has 0 spiro atoms. The number of amides is 1. The average Bonchev–Trinajstić information content (AvgIpc) is 3.16. The number of piperazine rings is 1. The molecule has 0 radical (unpaired) electrons. The molecule has 2 aliphatic rings. The van der Waals surface area contributed by atoms with Gasteiger partial charge in [0.2, 0.25) is 0 Å². The van der Waals surface area contributed by atoms with Crippen LogP contribution in [0.15, 0.2) is 18.2 Å². The maximum atomic E-state index is 12.7. The lowest BCUT2D eigenvalue weighted by Gasteiger charge is -2.33. The summed E-state index contributed by atoms with van der Waals surface area (Å²) in [5.41, 5.74) is 1.70. The fourth-order valence-electron chi connectivity index (χ4n) is 4.27. The summed E-state index contributed by atoms with van der Waals surface area (Å²) in [6.45, 7) is 10.2. The predicted molar refractivity (Wildman–Crippen MR) is 116 cm³/mol. The summed E-state index contributed by atoms with van der Waals surface area (Å²) in [4.78, 5) is 30.5. The van der Waals surface area contributed by atoms with Gasteiger partial charge in [0, 0.05) is 44.3 Å². The summed E-state index contributed by atoms with van der Waals surface area (Å²) in [5.74, 6) is 0.951. The van der Waals surface area contributed by atoms with E-state index in [1.54, 1.807) is 4.90 Å². The number of likely N-dealkylation sites (tertiary alicyclic amines) is 1. The van der Waals surface area contributed by atoms with E-state index < -0.39 is 0 Å². The lowest BCUT2D eigenvalue weighted by Crippen LogP contribution is -2.49. The Bertz CT molecular complexity index is 731. The van der Waals surface area contributed by atoms with Crippen molar-refractivity contribution in [3.05, 3.63) is 29.3 Å². The summed E-state index contributed by atoms with van der Waals surface area (Å²) in [6.07, 6.45) is 3.32. The van der Waals surface area contributed by atoms with Gasteiger partial charge < -0.3 is 19.3 Å². The number of nitrogens with zero attached hydrogens (tertiary/aromatic N) is 3. The Morgan fingerprint density at radius 2 is 1.90 bits per heavy atom. The Labute approximate surface area is 179 Å². The minimum atomic E-state index is -0.304. The Kier molecular flexibility index (Phi) is 8.10. The molecule has 1 aromatic rings. The van der Waals surface area contributed by atoms with Crippen molar-refractivity contribution in [2.45, 2.75) is 39.2 Å². The fourth-order valence-corrected chi connectivity index (χ4v) is 4.27. The van der Waals surface area contributed by atoms with Gasteiger partial charge in [0.25, 0.3) is 0 Å². The molecule has 30 heavy (non-hydrogen) atoms. The molecule has 1 amide bonds. The van der Waals surface area contributed by atoms with Crippen molar-refractivity contribution in [3.63, 3.8) is 0 Å². The Morgan fingerprint density at radius 3 is 2.53 bits per heavy atom. The minimum Gasteiger partial charge on any atom is -0.493 e. The van der Waals surface area contributed by atoms with E-state index in [9.17, 15) is 9.59 Å². The first-order valence-corrected chi connectivity index (χ1v) is 11.0. The van der Waals surface area contributed by atoms with E-state index in [0.717, 1.165) is 24.3 Å². The van der Waals surface area contributed by atoms with Gasteiger partial charge in [-0.2, -0.15) is 0 Å². The van der Waals surface area contributed by atoms with Gasteiger partial charge in [0.1, 0.15) is 5.75 Å². The number of hydrogen-bond acceptors (Lipinski definition) is 6. The summed E-state index contributed by atoms with van der Waals surface area (Å²) >= 11 is 0. The van der Waals surface area contributed by atoms with Crippen molar-refractivity contribution in [2.75, 3.05) is 59.5 Å². The molecule has 0 N–H and O–H groups in total. The lowest BCUT2D eigenvalue weighted by molar-refractivity contribution is 0.0790. The number of Topliss-reactive ketones (excluding diaryl/α,β-unsaturated/α-hetero) is 1. The second-order valence-electron chi connectivity index (χ2n) is 8.37. The third kappa shape index (κ3) is 5.95. The first-order chi connectivity index (χ1) is 14.5. The maximum Gasteiger partial charge on any atom is 0.409 e. The van der Waals surface area contributed by atoms with Crippen LogP contribution in [0.2, 0.25) is 0 Å². The zero-order valence-electron chi connectivity index (χ0n) is 18.6. The van der Waals surface area contributed by atoms with Gasteiger partial charge in [0.05, 0.1) is 20.3 Å². The van der Waals surface area contributed by atoms with Crippen LogP contribution < -0.4 is 4.74 Å². The number of carbonyl (C=O) groups excluding carboxylic acids is 2. The van der Waals surface area contributed by atoms with Crippen LogP contribution in [0, 0.1) is 6.92 Å². The topological polar surface area (TPSA) is 62.3 Å². The van der Waals surface area contributed by atoms with E-state index in [0.29, 0.717) is 50.9 Å². The van der Waals surface area contributed by atoms with Gasteiger partial charge in [-0.25, -0.2) is 4.79 Å². The van der Waals surface area contributed by atoms with Crippen LogP contribution >= 0.6 is 0 Å². The van der Waals surface area contributed by atoms with Crippen LogP contribution in [0.5, 0.6) is 5.75 Å². The Morgan fingerprint density at radius 1 is 1.13 bits per heavy atom. The summed E-state index contributed by atoms with van der Waals surface area (Å²) in [5, 5.41) is 0. The molecule has 2 fully saturated rings. The number of methoxy groups -OCH3 is 1. The molecule has 0 bridgehead atoms. The smallest absolute Gasteiger partial charge is 0.409 e. The second-order valence-corrected chi connectivity index (χ2v) is 8.37. The van der Waals surface area contributed by atoms with Gasteiger partial charge in [-0.3, -0.25) is 9.69 Å². The molecule has 7 heteroatoms. The quantitative estimate of drug-likeness (QED) is 0.479. The van der Waals surface area contributed by atoms with Crippen LogP contribution in [0.1, 0.15) is 42.1 Å². The Hall–Kier alpha value is -2.12. The molecule has 1 unspecified atom stereocenters. The highest BCUT2D eigenvalue weighted by atomic mass is 16.5. The van der Waals surface area contributed by atoms with Gasteiger partial charge in [-0.15, -0.1) is 0 Å². The molecule has 2 saturated heterocycles. The fraction of sp³-hybridized carbons (Fsp3) is 0.652. The van der Waals surface area contributed by atoms with Crippen molar-refractivity contribution < 1.29 is 19.1 Å². The molecule has 0 aromatic heterocycles. The van der Waals surface area contributed by atoms with Crippen LogP contribution in [-0.4, -0.2) is 92.1 Å². The first kappa shape index (κ1) is 22.6. The molecule has 7 nitrogen and oxygen atoms in total. The molecule has 1 atom stereocenters. The van der Waals surface area contributed by atoms with Crippen molar-refractivity contribution in [3.8, 4) is 5.75 Å². The molecule has 1 aromatic carbocycles. The van der Waals surface area contributed by atoms with Gasteiger partial charge in [-0.1, -0.05) is 0 Å². The number of aryl methyl sites for hydroxylation is 1. The molecule has 0 saturated carbocycles. The number of rotatable bonds is 8. The second kappa shape index (κ2) is 10.8. The van der Waals surface area contributed by atoms with E-state index in [1.807, 2.05) is 25.1 Å². The number of hydrogen-bond donors (Lipinski definition) is 0. The van der Waals surface area contributed by atoms with Crippen LogP contribution in [-0.2, 0) is 4.74 Å². The molecular weight excluding hydrogens is 382 g/mol. The molecule has 166 valence electrons. The number of ketones is 1. The number of ether oxygens (including phenoxy) is 2. The first-order valence-electron chi connectivity index (χ1n) is 11.0. The van der Waals surface area contributed by atoms with E-state index in [2.05, 4.69) is 16.7 Å². The van der Waals surface area contributed by atoms with Gasteiger partial charge >= 0.3 is 6.09 Å². The minimum absolute atomic E-state index is 0.0965. The normalized spacial score (nSPS) is 20.4. The average molecular weight is 418 g/mol. The molecule has 3 rings (SSSR count). The monoisotopic (exact) mass is 417 g/mol. The summed E-state index contributed by atoms with van der Waals surface area (Å²) in [6, 6.07) is 6.39. The predicted octanol–water partition coefficient (Wildman–Crippen LogP) is 2.81. The summed E-state index contributed by atoms with van der Waals surface area (Å²) < 4.78 is 10.7. The van der Waals surface area contributed by atoms with E-state index in [4.69, 9.17) is 9.47 Å². The van der Waals surface area contributed by atoms with E-state index in [-0.39, 0.29) is 11.9 Å². The number of benzene rings is 1. The van der Waals surface area contributed by atoms with Gasteiger partial charge in [-0.05, 0) is 63.4 Å². The van der Waals surface area contributed by atoms with Crippen LogP contribution in [0.25, 0.3) is 0 Å². The standard InChI is InChI=1S/C23H35N3O4/c1-18-16-20(21(27)17-24-11-13-26(14-12-24)23(28)29-3)7-8-22(18)30-15-5-10-25-9-4-6-19(25)2/h7-8,16,19H,4-6,9-15,17H2,1-3H3. The van der Waals surface area contributed by atoms with Crippen molar-refractivity contribution >= 4 is 11.9 Å². The Balaban J connectivity index is 1.43. The zero-order chi connectivity index (χ0) is 21.5. The van der Waals surface area contributed by atoms with Gasteiger partial charge in [0.15, 0.2) is 5.78 Å². The highest BCUT2D eigenvalue weighted by molar-refractivity contribution is 5.98. The zero-order valence-corrected chi connectivity index (χ0v) is 18.6. The van der Waals surface area contributed by atoms with Crippen molar-refractivity contribution in [1.29, 1.82) is 0 Å².